The maximum Gasteiger partial charge on any atom is 0.339 e. The normalized spacial score (nSPS) is 15.5. The molecular weight excluding hydrogens is 478 g/mol. The highest BCUT2D eigenvalue weighted by Gasteiger charge is 2.37. The van der Waals surface area contributed by atoms with E-state index in [4.69, 9.17) is 20.5 Å². The Bertz CT molecular complexity index is 1190. The zero-order valence-corrected chi connectivity index (χ0v) is 19.4. The van der Waals surface area contributed by atoms with Gasteiger partial charge in [-0.3, -0.25) is 19.3 Å². The summed E-state index contributed by atoms with van der Waals surface area (Å²) in [6, 6.07) is 11.6. The van der Waals surface area contributed by atoms with Crippen LogP contribution in [-0.4, -0.2) is 43.1 Å². The Morgan fingerprint density at radius 3 is 2.44 bits per heavy atom. The van der Waals surface area contributed by atoms with E-state index in [0.717, 1.165) is 4.90 Å². The number of esters is 1. The topological polar surface area (TPSA) is 107 Å². The number of hydrogen-bond acceptors (Lipinski definition) is 8. The van der Waals surface area contributed by atoms with Crippen molar-refractivity contribution in [2.75, 3.05) is 6.54 Å². The zero-order chi connectivity index (χ0) is 23.5. The van der Waals surface area contributed by atoms with Gasteiger partial charge in [-0.2, -0.15) is 8.42 Å². The smallest absolute Gasteiger partial charge is 0.339 e. The Balaban J connectivity index is 1.84. The third-order valence-electron chi connectivity index (χ3n) is 4.04. The van der Waals surface area contributed by atoms with Crippen LogP contribution in [0.4, 0.5) is 4.79 Å². The van der Waals surface area contributed by atoms with Gasteiger partial charge in [0.25, 0.3) is 11.1 Å². The second kappa shape index (κ2) is 9.76. The standard InChI is InChI=1S/C21H18ClNO7S2/c1-13(2)29-19(24)12-23-20(25)18(31-21(23)26)11-14-5-3-4-6-17(14)30-32(27,28)16-9-7-15(22)8-10-16/h3-11,13H,12H2,1-2H3/b18-11-. The molecule has 168 valence electrons. The highest BCUT2D eigenvalue weighted by molar-refractivity contribution is 8.18. The minimum absolute atomic E-state index is 0.0206. The van der Waals surface area contributed by atoms with E-state index in [-0.39, 0.29) is 27.2 Å². The van der Waals surface area contributed by atoms with Gasteiger partial charge < -0.3 is 8.92 Å². The van der Waals surface area contributed by atoms with Gasteiger partial charge in [-0.15, -0.1) is 0 Å². The molecule has 2 aromatic carbocycles. The third-order valence-corrected chi connectivity index (χ3v) is 6.44. The summed E-state index contributed by atoms with van der Waals surface area (Å²) in [5.74, 6) is -1.43. The lowest BCUT2D eigenvalue weighted by Gasteiger charge is -2.13. The average molecular weight is 496 g/mol. The summed E-state index contributed by atoms with van der Waals surface area (Å²) >= 11 is 6.43. The Morgan fingerprint density at radius 2 is 1.78 bits per heavy atom. The van der Waals surface area contributed by atoms with Gasteiger partial charge in [-0.05, 0) is 62.0 Å². The van der Waals surface area contributed by atoms with Crippen LogP contribution in [0.5, 0.6) is 5.75 Å². The fraction of sp³-hybridized carbons (Fsp3) is 0.190. The first kappa shape index (κ1) is 23.8. The summed E-state index contributed by atoms with van der Waals surface area (Å²) in [5.41, 5.74) is 0.264. The maximum atomic E-state index is 12.6. The van der Waals surface area contributed by atoms with E-state index in [1.54, 1.807) is 26.0 Å². The predicted octanol–water partition coefficient (Wildman–Crippen LogP) is 4.10. The number of rotatable bonds is 7. The van der Waals surface area contributed by atoms with E-state index in [0.29, 0.717) is 16.8 Å². The number of carbonyl (C=O) groups is 3. The van der Waals surface area contributed by atoms with Crippen molar-refractivity contribution < 1.29 is 31.7 Å². The number of ether oxygens (including phenoxy) is 1. The molecular formula is C21H18ClNO7S2. The fourth-order valence-electron chi connectivity index (χ4n) is 2.65. The first-order valence-corrected chi connectivity index (χ1v) is 11.9. The Kier molecular flexibility index (Phi) is 7.27. The lowest BCUT2D eigenvalue weighted by Crippen LogP contribution is -2.35. The largest absolute Gasteiger partial charge is 0.462 e. The molecule has 1 fully saturated rings. The van der Waals surface area contributed by atoms with Gasteiger partial charge in [-0.1, -0.05) is 29.8 Å². The second-order valence-corrected chi connectivity index (χ2v) is 9.81. The molecule has 8 nitrogen and oxygen atoms in total. The van der Waals surface area contributed by atoms with E-state index < -0.39 is 33.8 Å². The molecule has 0 aromatic heterocycles. The summed E-state index contributed by atoms with van der Waals surface area (Å²) in [4.78, 5) is 37.4. The van der Waals surface area contributed by atoms with Gasteiger partial charge in [0.05, 0.1) is 11.0 Å². The number of amides is 2. The quantitative estimate of drug-likeness (QED) is 0.321. The van der Waals surface area contributed by atoms with Crippen LogP contribution in [0.1, 0.15) is 19.4 Å². The first-order chi connectivity index (χ1) is 15.1. The fourth-order valence-corrected chi connectivity index (χ4v) is 4.56. The lowest BCUT2D eigenvalue weighted by atomic mass is 10.2. The second-order valence-electron chi connectivity index (χ2n) is 6.84. The van der Waals surface area contributed by atoms with Gasteiger partial charge in [0.15, 0.2) is 0 Å². The van der Waals surface area contributed by atoms with Crippen molar-refractivity contribution in [3.63, 3.8) is 0 Å². The van der Waals surface area contributed by atoms with Gasteiger partial charge in [0.1, 0.15) is 17.2 Å². The molecule has 0 saturated carbocycles. The summed E-state index contributed by atoms with van der Waals surface area (Å²) in [6.07, 6.45) is 0.954. The molecule has 1 aliphatic rings. The van der Waals surface area contributed by atoms with Crippen molar-refractivity contribution in [3.8, 4) is 5.75 Å². The van der Waals surface area contributed by atoms with Crippen LogP contribution in [0, 0.1) is 0 Å². The molecule has 0 unspecified atom stereocenters. The van der Waals surface area contributed by atoms with E-state index in [1.165, 1.54) is 42.5 Å². The van der Waals surface area contributed by atoms with Crippen LogP contribution in [0.15, 0.2) is 58.3 Å². The van der Waals surface area contributed by atoms with Gasteiger partial charge >= 0.3 is 16.1 Å². The van der Waals surface area contributed by atoms with Crippen molar-refractivity contribution in [1.82, 2.24) is 4.90 Å². The molecule has 32 heavy (non-hydrogen) atoms. The minimum Gasteiger partial charge on any atom is -0.462 e. The molecule has 0 bridgehead atoms. The molecule has 3 rings (SSSR count). The Labute approximate surface area is 194 Å². The molecule has 1 heterocycles. The average Bonchev–Trinajstić information content (AvgIpc) is 2.96. The number of para-hydroxylation sites is 1. The summed E-state index contributed by atoms with van der Waals surface area (Å²) in [7, 11) is -4.17. The number of imide groups is 1. The zero-order valence-electron chi connectivity index (χ0n) is 17.0. The first-order valence-electron chi connectivity index (χ1n) is 9.31. The molecule has 0 spiro atoms. The van der Waals surface area contributed by atoms with Crippen LogP contribution in [0.25, 0.3) is 6.08 Å². The van der Waals surface area contributed by atoms with E-state index in [2.05, 4.69) is 0 Å². The van der Waals surface area contributed by atoms with E-state index in [9.17, 15) is 22.8 Å². The van der Waals surface area contributed by atoms with Crippen LogP contribution in [0.2, 0.25) is 5.02 Å². The van der Waals surface area contributed by atoms with E-state index >= 15 is 0 Å². The number of carbonyl (C=O) groups excluding carboxylic acids is 3. The molecule has 0 atom stereocenters. The summed E-state index contributed by atoms with van der Waals surface area (Å²) in [5, 5.41) is -0.258. The molecule has 0 aliphatic carbocycles. The van der Waals surface area contributed by atoms with Gasteiger partial charge in [0.2, 0.25) is 0 Å². The van der Waals surface area contributed by atoms with E-state index in [1.807, 2.05) is 0 Å². The molecule has 2 aromatic rings. The van der Waals surface area contributed by atoms with Crippen molar-refractivity contribution in [3.05, 3.63) is 64.0 Å². The SMILES string of the molecule is CC(C)OC(=O)CN1C(=O)S/C(=C\c2ccccc2OS(=O)(=O)c2ccc(Cl)cc2)C1=O. The molecule has 0 radical (unpaired) electrons. The monoisotopic (exact) mass is 495 g/mol. The number of benzene rings is 2. The van der Waals surface area contributed by atoms with Crippen molar-refractivity contribution >= 4 is 56.7 Å². The summed E-state index contributed by atoms with van der Waals surface area (Å²) < 4.78 is 35.5. The third kappa shape index (κ3) is 5.70. The molecule has 0 N–H and O–H groups in total. The van der Waals surface area contributed by atoms with Crippen LogP contribution in [-0.2, 0) is 24.4 Å². The maximum absolute atomic E-state index is 12.6. The predicted molar refractivity (Wildman–Crippen MR) is 120 cm³/mol. The van der Waals surface area contributed by atoms with Crippen molar-refractivity contribution in [1.29, 1.82) is 0 Å². The van der Waals surface area contributed by atoms with Gasteiger partial charge in [0, 0.05) is 10.6 Å². The van der Waals surface area contributed by atoms with Crippen molar-refractivity contribution in [2.24, 2.45) is 0 Å². The Hall–Kier alpha value is -2.82. The molecule has 11 heteroatoms. The highest BCUT2D eigenvalue weighted by atomic mass is 35.5. The van der Waals surface area contributed by atoms with Crippen molar-refractivity contribution in [2.45, 2.75) is 24.8 Å². The van der Waals surface area contributed by atoms with Gasteiger partial charge in [-0.25, -0.2) is 0 Å². The highest BCUT2D eigenvalue weighted by Crippen LogP contribution is 2.34. The summed E-state index contributed by atoms with van der Waals surface area (Å²) in [6.45, 7) is 2.80. The van der Waals surface area contributed by atoms with Crippen LogP contribution >= 0.6 is 23.4 Å². The molecule has 1 aliphatic heterocycles. The minimum atomic E-state index is -4.17. The Morgan fingerprint density at radius 1 is 1.12 bits per heavy atom. The molecule has 1 saturated heterocycles. The number of halogens is 1. The number of hydrogen-bond donors (Lipinski definition) is 0. The number of thioether (sulfide) groups is 1. The number of nitrogens with zero attached hydrogens (tertiary/aromatic N) is 1. The molecule has 2 amide bonds. The van der Waals surface area contributed by atoms with Crippen LogP contribution < -0.4 is 4.18 Å². The lowest BCUT2D eigenvalue weighted by molar-refractivity contribution is -0.149. The van der Waals surface area contributed by atoms with Crippen LogP contribution in [0.3, 0.4) is 0 Å².